The monoisotopic (exact) mass is 167 g/mol. The third kappa shape index (κ3) is 4.43. The van der Waals surface area contributed by atoms with Crippen molar-refractivity contribution >= 4 is 11.6 Å². The molecule has 0 spiro atoms. The fourth-order valence-corrected chi connectivity index (χ4v) is 0.725. The second kappa shape index (κ2) is 6.33. The summed E-state index contributed by atoms with van der Waals surface area (Å²) in [5.41, 5.74) is 0.843. The highest BCUT2D eigenvalue weighted by molar-refractivity contribution is 5.88. The van der Waals surface area contributed by atoms with Crippen LogP contribution in [0.5, 0.6) is 0 Å². The van der Waals surface area contributed by atoms with Crippen LogP contribution in [0.4, 0.5) is 5.69 Å². The van der Waals surface area contributed by atoms with Crippen molar-refractivity contribution in [2.45, 2.75) is 6.92 Å². The first kappa shape index (κ1) is 10.6. The van der Waals surface area contributed by atoms with Crippen molar-refractivity contribution in [3.05, 3.63) is 30.3 Å². The molecule has 0 bridgehead atoms. The Morgan fingerprint density at radius 3 is 2.17 bits per heavy atom. The number of rotatable bonds is 1. The molecule has 0 radical (unpaired) electrons. The lowest BCUT2D eigenvalue weighted by molar-refractivity contribution is -0.114. The van der Waals surface area contributed by atoms with Crippen LogP contribution in [0.15, 0.2) is 30.3 Å². The van der Waals surface area contributed by atoms with Crippen LogP contribution in [-0.4, -0.2) is 5.91 Å². The number of hydrogen-bond donors (Lipinski definition) is 3. The molecule has 12 heavy (non-hydrogen) atoms. The molecular formula is C8H13N3O. The molecule has 0 aliphatic heterocycles. The number of carbonyl (C=O) groups excluding carboxylic acids is 1. The standard InChI is InChI=1S/C8H9NO.H4N2/c1-7(10)9-8-5-3-2-4-6-8;1-2/h2-6H,1H3,(H,9,10);1-2H2. The fraction of sp³-hybridized carbons (Fsp3) is 0.125. The summed E-state index contributed by atoms with van der Waals surface area (Å²) >= 11 is 0. The third-order valence-corrected chi connectivity index (χ3v) is 1.09. The lowest BCUT2D eigenvalue weighted by Gasteiger charge is -1.98. The predicted octanol–water partition coefficient (Wildman–Crippen LogP) is 0.464. The largest absolute Gasteiger partial charge is 0.326 e. The molecule has 0 aromatic heterocycles. The Hall–Kier alpha value is -1.39. The van der Waals surface area contributed by atoms with Gasteiger partial charge in [-0.25, -0.2) is 0 Å². The van der Waals surface area contributed by atoms with Gasteiger partial charge in [-0.2, -0.15) is 0 Å². The van der Waals surface area contributed by atoms with Crippen LogP contribution >= 0.6 is 0 Å². The number of hydrogen-bond acceptors (Lipinski definition) is 3. The molecule has 1 aromatic carbocycles. The van der Waals surface area contributed by atoms with E-state index in [0.717, 1.165) is 5.69 Å². The zero-order valence-corrected chi connectivity index (χ0v) is 6.95. The van der Waals surface area contributed by atoms with Crippen LogP contribution in [0.3, 0.4) is 0 Å². The number of amides is 1. The van der Waals surface area contributed by atoms with Gasteiger partial charge in [0.2, 0.25) is 5.91 Å². The van der Waals surface area contributed by atoms with Gasteiger partial charge in [0, 0.05) is 12.6 Å². The van der Waals surface area contributed by atoms with Gasteiger partial charge in [0.05, 0.1) is 0 Å². The first-order valence-electron chi connectivity index (χ1n) is 3.45. The Kier molecular flexibility index (Phi) is 5.60. The molecule has 5 N–H and O–H groups in total. The quantitative estimate of drug-likeness (QED) is 0.420. The van der Waals surface area contributed by atoms with Crippen molar-refractivity contribution in [1.29, 1.82) is 0 Å². The van der Waals surface area contributed by atoms with Crippen molar-refractivity contribution in [3.8, 4) is 0 Å². The number of nitrogens with one attached hydrogen (secondary N) is 1. The molecule has 0 saturated carbocycles. The first-order chi connectivity index (χ1) is 5.79. The number of nitrogens with two attached hydrogens (primary N) is 2. The third-order valence-electron chi connectivity index (χ3n) is 1.09. The summed E-state index contributed by atoms with van der Waals surface area (Å²) < 4.78 is 0. The van der Waals surface area contributed by atoms with Crippen molar-refractivity contribution in [3.63, 3.8) is 0 Å². The van der Waals surface area contributed by atoms with Crippen molar-refractivity contribution in [2.24, 2.45) is 11.7 Å². The molecule has 0 unspecified atom stereocenters. The van der Waals surface area contributed by atoms with E-state index in [-0.39, 0.29) is 5.91 Å². The molecule has 0 saturated heterocycles. The maximum atomic E-state index is 10.5. The lowest BCUT2D eigenvalue weighted by Crippen LogP contribution is -2.04. The smallest absolute Gasteiger partial charge is 0.221 e. The molecule has 1 aromatic rings. The molecule has 0 heterocycles. The molecule has 0 fully saturated rings. The molecule has 0 atom stereocenters. The second-order valence-corrected chi connectivity index (χ2v) is 2.05. The first-order valence-corrected chi connectivity index (χ1v) is 3.45. The Morgan fingerprint density at radius 1 is 1.25 bits per heavy atom. The minimum atomic E-state index is -0.0359. The van der Waals surface area contributed by atoms with E-state index in [1.807, 2.05) is 30.3 Å². The SMILES string of the molecule is CC(=O)Nc1ccccc1.NN. The van der Waals surface area contributed by atoms with Crippen LogP contribution in [0.2, 0.25) is 0 Å². The predicted molar refractivity (Wildman–Crippen MR) is 49.1 cm³/mol. The summed E-state index contributed by atoms with van der Waals surface area (Å²) in [6.45, 7) is 1.49. The summed E-state index contributed by atoms with van der Waals surface area (Å²) in [6, 6.07) is 9.37. The Morgan fingerprint density at radius 2 is 1.75 bits per heavy atom. The summed E-state index contributed by atoms with van der Waals surface area (Å²) in [6.07, 6.45) is 0. The zero-order valence-electron chi connectivity index (χ0n) is 6.95. The van der Waals surface area contributed by atoms with Crippen molar-refractivity contribution < 1.29 is 4.79 Å². The highest BCUT2D eigenvalue weighted by Gasteiger charge is 1.90. The normalized spacial score (nSPS) is 7.92. The summed E-state index contributed by atoms with van der Waals surface area (Å²) in [5, 5.41) is 2.67. The van der Waals surface area contributed by atoms with Crippen LogP contribution in [0, 0.1) is 0 Å². The van der Waals surface area contributed by atoms with Crippen LogP contribution in [0.25, 0.3) is 0 Å². The molecular weight excluding hydrogens is 154 g/mol. The molecule has 0 aliphatic carbocycles. The highest BCUT2D eigenvalue weighted by Crippen LogP contribution is 2.03. The number of benzene rings is 1. The van der Waals surface area contributed by atoms with Gasteiger partial charge >= 0.3 is 0 Å². The van der Waals surface area contributed by atoms with Gasteiger partial charge in [-0.15, -0.1) is 0 Å². The highest BCUT2D eigenvalue weighted by atomic mass is 16.1. The van der Waals surface area contributed by atoms with Crippen LogP contribution in [-0.2, 0) is 4.79 Å². The van der Waals surface area contributed by atoms with Gasteiger partial charge in [0.15, 0.2) is 0 Å². The molecule has 4 heteroatoms. The van der Waals surface area contributed by atoms with E-state index in [9.17, 15) is 4.79 Å². The maximum Gasteiger partial charge on any atom is 0.221 e. The molecule has 0 aliphatic rings. The minimum Gasteiger partial charge on any atom is -0.326 e. The fourth-order valence-electron chi connectivity index (χ4n) is 0.725. The number of carbonyl (C=O) groups is 1. The minimum absolute atomic E-state index is 0.0359. The Balaban J connectivity index is 0.000000561. The second-order valence-electron chi connectivity index (χ2n) is 2.05. The lowest BCUT2D eigenvalue weighted by atomic mass is 10.3. The number of anilines is 1. The molecule has 1 amide bonds. The molecule has 66 valence electrons. The summed E-state index contributed by atoms with van der Waals surface area (Å²) in [4.78, 5) is 10.5. The molecule has 4 nitrogen and oxygen atoms in total. The van der Waals surface area contributed by atoms with E-state index in [1.165, 1.54) is 6.92 Å². The van der Waals surface area contributed by atoms with Crippen LogP contribution in [0.1, 0.15) is 6.92 Å². The zero-order chi connectivity index (χ0) is 9.40. The topological polar surface area (TPSA) is 81.1 Å². The van der Waals surface area contributed by atoms with Crippen LogP contribution < -0.4 is 17.0 Å². The van der Waals surface area contributed by atoms with E-state index in [1.54, 1.807) is 0 Å². The maximum absolute atomic E-state index is 10.5. The van der Waals surface area contributed by atoms with Crippen molar-refractivity contribution in [2.75, 3.05) is 5.32 Å². The average Bonchev–Trinajstić information content (AvgIpc) is 2.08. The van der Waals surface area contributed by atoms with E-state index in [2.05, 4.69) is 17.0 Å². The van der Waals surface area contributed by atoms with Gasteiger partial charge in [0.25, 0.3) is 0 Å². The van der Waals surface area contributed by atoms with Gasteiger partial charge in [-0.05, 0) is 12.1 Å². The Bertz CT molecular complexity index is 223. The van der Waals surface area contributed by atoms with Crippen molar-refractivity contribution in [1.82, 2.24) is 0 Å². The van der Waals surface area contributed by atoms with Gasteiger partial charge in [0.1, 0.15) is 0 Å². The van der Waals surface area contributed by atoms with Gasteiger partial charge in [-0.3, -0.25) is 16.5 Å². The van der Waals surface area contributed by atoms with E-state index in [0.29, 0.717) is 0 Å². The van der Waals surface area contributed by atoms with Gasteiger partial charge < -0.3 is 5.32 Å². The number of hydrazine groups is 1. The Labute approximate surface area is 71.5 Å². The number of para-hydroxylation sites is 1. The van der Waals surface area contributed by atoms with E-state index >= 15 is 0 Å². The summed E-state index contributed by atoms with van der Waals surface area (Å²) in [7, 11) is 0. The summed E-state index contributed by atoms with van der Waals surface area (Å²) in [5.74, 6) is 7.96. The van der Waals surface area contributed by atoms with Gasteiger partial charge in [-0.1, -0.05) is 18.2 Å². The average molecular weight is 167 g/mol. The molecule has 1 rings (SSSR count). The van der Waals surface area contributed by atoms with E-state index in [4.69, 9.17) is 0 Å². The van der Waals surface area contributed by atoms with E-state index < -0.39 is 0 Å².